The van der Waals surface area contributed by atoms with Gasteiger partial charge in [-0.15, -0.1) is 11.3 Å². The van der Waals surface area contributed by atoms with E-state index in [4.69, 9.17) is 0 Å². The fraction of sp³-hybridized carbons (Fsp3) is 0.350. The van der Waals surface area contributed by atoms with E-state index < -0.39 is 0 Å². The number of aromatic nitrogens is 2. The van der Waals surface area contributed by atoms with E-state index in [9.17, 15) is 9.59 Å². The molecule has 2 amide bonds. The lowest BCUT2D eigenvalue weighted by molar-refractivity contribution is -0.121. The van der Waals surface area contributed by atoms with Crippen LogP contribution in [0.4, 0.5) is 0 Å². The minimum atomic E-state index is 0.0157. The van der Waals surface area contributed by atoms with Crippen molar-refractivity contribution < 1.29 is 9.59 Å². The first-order valence-corrected chi connectivity index (χ1v) is 10.0. The van der Waals surface area contributed by atoms with Crippen molar-refractivity contribution in [1.29, 1.82) is 0 Å². The van der Waals surface area contributed by atoms with Crippen LogP contribution in [-0.4, -0.2) is 45.1 Å². The average Bonchev–Trinajstić information content (AvgIpc) is 3.31. The lowest BCUT2D eigenvalue weighted by atomic mass is 10.1. The number of benzene rings is 1. The maximum Gasteiger partial charge on any atom is 0.264 e. The zero-order valence-corrected chi connectivity index (χ0v) is 15.8. The van der Waals surface area contributed by atoms with Gasteiger partial charge in [0.2, 0.25) is 5.91 Å². The van der Waals surface area contributed by atoms with Gasteiger partial charge in [-0.2, -0.15) is 5.10 Å². The van der Waals surface area contributed by atoms with Gasteiger partial charge in [-0.25, -0.2) is 0 Å². The quantitative estimate of drug-likeness (QED) is 0.743. The molecular formula is C20H20N4O2S. The van der Waals surface area contributed by atoms with E-state index in [1.807, 2.05) is 53.0 Å². The Balaban J connectivity index is 1.54. The zero-order valence-electron chi connectivity index (χ0n) is 15.0. The van der Waals surface area contributed by atoms with Crippen molar-refractivity contribution in [3.8, 4) is 11.3 Å². The molecule has 2 bridgehead atoms. The molecule has 2 saturated heterocycles. The molecule has 2 aliphatic heterocycles. The van der Waals surface area contributed by atoms with Crippen LogP contribution >= 0.6 is 11.3 Å². The number of aryl methyl sites for hydroxylation is 1. The summed E-state index contributed by atoms with van der Waals surface area (Å²) in [6.07, 6.45) is 2.27. The highest BCUT2D eigenvalue weighted by molar-refractivity contribution is 7.20. The Kier molecular flexibility index (Phi) is 3.79. The summed E-state index contributed by atoms with van der Waals surface area (Å²) in [5, 5.41) is 8.59. The molecule has 2 aromatic heterocycles. The lowest BCUT2D eigenvalue weighted by Crippen LogP contribution is -2.42. The van der Waals surface area contributed by atoms with Gasteiger partial charge in [0.15, 0.2) is 0 Å². The number of thiophene rings is 1. The smallest absolute Gasteiger partial charge is 0.264 e. The molecule has 0 spiro atoms. The summed E-state index contributed by atoms with van der Waals surface area (Å²) in [4.78, 5) is 28.8. The standard InChI is InChI=1S/C20H20N4O2S/c1-23-20-15(18(22-23)12-5-3-2-4-6-12)10-16(27-20)19(26)24-13-7-8-14(24)11-21-17(25)9-13/h2-6,10,13-14H,7-9,11H2,1H3,(H,21,25). The van der Waals surface area contributed by atoms with Crippen molar-refractivity contribution in [1.82, 2.24) is 20.0 Å². The first kappa shape index (κ1) is 16.5. The molecular weight excluding hydrogens is 360 g/mol. The summed E-state index contributed by atoms with van der Waals surface area (Å²) in [5.41, 5.74) is 1.95. The van der Waals surface area contributed by atoms with Gasteiger partial charge in [-0.1, -0.05) is 30.3 Å². The molecule has 2 unspecified atom stereocenters. The third-order valence-corrected chi connectivity index (χ3v) is 6.77. The molecule has 2 atom stereocenters. The molecule has 6 nitrogen and oxygen atoms in total. The molecule has 0 radical (unpaired) electrons. The zero-order chi connectivity index (χ0) is 18.5. The molecule has 138 valence electrons. The van der Waals surface area contributed by atoms with Crippen molar-refractivity contribution in [2.75, 3.05) is 6.54 Å². The summed E-state index contributed by atoms with van der Waals surface area (Å²) in [7, 11) is 1.91. The molecule has 5 rings (SSSR count). The predicted octanol–water partition coefficient (Wildman–Crippen LogP) is 2.79. The molecule has 1 aromatic carbocycles. The topological polar surface area (TPSA) is 67.2 Å². The Morgan fingerprint density at radius 2 is 2.00 bits per heavy atom. The molecule has 2 aliphatic rings. The number of nitrogens with one attached hydrogen (secondary N) is 1. The molecule has 2 fully saturated rings. The fourth-order valence-electron chi connectivity index (χ4n) is 4.29. The maximum atomic E-state index is 13.3. The molecule has 7 heteroatoms. The van der Waals surface area contributed by atoms with Gasteiger partial charge < -0.3 is 10.2 Å². The summed E-state index contributed by atoms with van der Waals surface area (Å²) >= 11 is 1.48. The normalized spacial score (nSPS) is 22.1. The minimum absolute atomic E-state index is 0.0157. The lowest BCUT2D eigenvalue weighted by Gasteiger charge is -2.26. The van der Waals surface area contributed by atoms with Crippen LogP contribution in [0.25, 0.3) is 21.5 Å². The van der Waals surface area contributed by atoms with Crippen molar-refractivity contribution in [3.05, 3.63) is 41.3 Å². The summed E-state index contributed by atoms with van der Waals surface area (Å²) in [5.74, 6) is 0.0890. The third kappa shape index (κ3) is 2.65. The first-order valence-electron chi connectivity index (χ1n) is 9.23. The molecule has 4 heterocycles. The molecule has 0 saturated carbocycles. The molecule has 0 aliphatic carbocycles. The number of rotatable bonds is 2. The predicted molar refractivity (Wildman–Crippen MR) is 105 cm³/mol. The van der Waals surface area contributed by atoms with E-state index in [1.54, 1.807) is 0 Å². The number of fused-ring (bicyclic) bond motifs is 3. The summed E-state index contributed by atoms with van der Waals surface area (Å²) in [6.45, 7) is 0.558. The third-order valence-electron chi connectivity index (χ3n) is 5.58. The highest BCUT2D eigenvalue weighted by atomic mass is 32.1. The summed E-state index contributed by atoms with van der Waals surface area (Å²) in [6, 6.07) is 12.1. The van der Waals surface area contributed by atoms with Gasteiger partial charge in [0.1, 0.15) is 10.5 Å². The molecule has 1 N–H and O–H groups in total. The number of hydrogen-bond acceptors (Lipinski definition) is 4. The van der Waals surface area contributed by atoms with Gasteiger partial charge in [0.05, 0.1) is 4.88 Å². The number of carbonyl (C=O) groups is 2. The van der Waals surface area contributed by atoms with Crippen LogP contribution in [0.3, 0.4) is 0 Å². The van der Waals surface area contributed by atoms with Crippen molar-refractivity contribution in [2.24, 2.45) is 7.05 Å². The highest BCUT2D eigenvalue weighted by Gasteiger charge is 2.41. The molecule has 3 aromatic rings. The second kappa shape index (κ2) is 6.20. The maximum absolute atomic E-state index is 13.3. The fourth-order valence-corrected chi connectivity index (χ4v) is 5.31. The Labute approximate surface area is 160 Å². The number of hydrogen-bond donors (Lipinski definition) is 1. The van der Waals surface area contributed by atoms with E-state index >= 15 is 0 Å². The van der Waals surface area contributed by atoms with Gasteiger partial charge in [-0.05, 0) is 18.9 Å². The average molecular weight is 380 g/mol. The van der Waals surface area contributed by atoms with Crippen LogP contribution in [0.2, 0.25) is 0 Å². The van der Waals surface area contributed by atoms with E-state index in [0.29, 0.717) is 13.0 Å². The van der Waals surface area contributed by atoms with Crippen LogP contribution in [0, 0.1) is 0 Å². The summed E-state index contributed by atoms with van der Waals surface area (Å²) < 4.78 is 1.85. The number of carbonyl (C=O) groups excluding carboxylic acids is 2. The van der Waals surface area contributed by atoms with Gasteiger partial charge in [0.25, 0.3) is 5.91 Å². The van der Waals surface area contributed by atoms with Gasteiger partial charge in [0, 0.05) is 43.0 Å². The largest absolute Gasteiger partial charge is 0.354 e. The highest BCUT2D eigenvalue weighted by Crippen LogP contribution is 2.36. The Morgan fingerprint density at radius 1 is 1.22 bits per heavy atom. The first-order chi connectivity index (χ1) is 13.1. The van der Waals surface area contributed by atoms with E-state index in [1.165, 1.54) is 11.3 Å². The van der Waals surface area contributed by atoms with E-state index in [-0.39, 0.29) is 23.9 Å². The van der Waals surface area contributed by atoms with Crippen molar-refractivity contribution in [2.45, 2.75) is 31.3 Å². The monoisotopic (exact) mass is 380 g/mol. The minimum Gasteiger partial charge on any atom is -0.354 e. The van der Waals surface area contributed by atoms with Crippen molar-refractivity contribution >= 4 is 33.4 Å². The van der Waals surface area contributed by atoms with Crippen LogP contribution in [0.1, 0.15) is 28.9 Å². The van der Waals surface area contributed by atoms with Gasteiger partial charge >= 0.3 is 0 Å². The number of amides is 2. The van der Waals surface area contributed by atoms with Crippen molar-refractivity contribution in [3.63, 3.8) is 0 Å². The Bertz CT molecular complexity index is 1040. The number of nitrogens with zero attached hydrogens (tertiary/aromatic N) is 3. The Morgan fingerprint density at radius 3 is 2.81 bits per heavy atom. The second-order valence-corrected chi connectivity index (χ2v) is 8.30. The van der Waals surface area contributed by atoms with Crippen LogP contribution in [0.5, 0.6) is 0 Å². The van der Waals surface area contributed by atoms with Crippen LogP contribution < -0.4 is 5.32 Å². The molecule has 27 heavy (non-hydrogen) atoms. The van der Waals surface area contributed by atoms with Crippen LogP contribution in [0.15, 0.2) is 36.4 Å². The van der Waals surface area contributed by atoms with Crippen LogP contribution in [-0.2, 0) is 11.8 Å². The van der Waals surface area contributed by atoms with Gasteiger partial charge in [-0.3, -0.25) is 14.3 Å². The van der Waals surface area contributed by atoms with E-state index in [0.717, 1.165) is 39.2 Å². The SMILES string of the molecule is Cn1nc(-c2ccccc2)c2cc(C(=O)N3C4CCC3CC(=O)NC4)sc21. The van der Waals surface area contributed by atoms with E-state index in [2.05, 4.69) is 10.4 Å². The second-order valence-electron chi connectivity index (χ2n) is 7.27. The Hall–Kier alpha value is -2.67.